The van der Waals surface area contributed by atoms with E-state index < -0.39 is 17.9 Å². The Morgan fingerprint density at radius 3 is 2.31 bits per heavy atom. The van der Waals surface area contributed by atoms with Gasteiger partial charge in [-0.05, 0) is 17.9 Å². The number of nitrogens with zero attached hydrogens (tertiary/aromatic N) is 1. The van der Waals surface area contributed by atoms with Crippen LogP contribution in [0.25, 0.3) is 0 Å². The number of ether oxygens (including phenoxy) is 3. The SMILES string of the molecule is C[N+]1(C)[C@@H]2CC(OC(=O)[C@@H](C(=O)OCCC3CCCCC3)c3ccccc3)C[C@H]1[C@@H]1O[C@@H]12. The Kier molecular flexibility index (Phi) is 6.01. The monoisotopic (exact) mass is 442 g/mol. The van der Waals surface area contributed by atoms with Crippen LogP contribution in [0.4, 0.5) is 0 Å². The van der Waals surface area contributed by atoms with Crippen LogP contribution in [0.5, 0.6) is 0 Å². The second-order valence-corrected chi connectivity index (χ2v) is 10.7. The summed E-state index contributed by atoms with van der Waals surface area (Å²) in [5, 5.41) is 0. The minimum absolute atomic E-state index is 0.165. The van der Waals surface area contributed by atoms with Crippen LogP contribution in [0, 0.1) is 5.92 Å². The van der Waals surface area contributed by atoms with E-state index >= 15 is 0 Å². The standard InChI is InChI=1S/C26H36NO5/c1-27(2)20-15-19(16-21(27)24-23(20)32-24)31-26(29)22(18-11-7-4-8-12-18)25(28)30-14-13-17-9-5-3-6-10-17/h4,7-8,11-12,17,19-24H,3,5-6,9-10,13-16H2,1-2H3/q+1/t19?,20-,21+,22-,23-,24+/m1/s1. The number of likely N-dealkylation sites (N-methyl/N-ethyl adjacent to an activating group) is 1. The van der Waals surface area contributed by atoms with E-state index in [9.17, 15) is 9.59 Å². The molecule has 4 fully saturated rings. The van der Waals surface area contributed by atoms with Crippen LogP contribution in [0.15, 0.2) is 30.3 Å². The molecule has 3 saturated heterocycles. The topological polar surface area (TPSA) is 65.1 Å². The average Bonchev–Trinajstić information content (AvgIpc) is 3.54. The predicted molar refractivity (Wildman–Crippen MR) is 119 cm³/mol. The third-order valence-corrected chi connectivity index (χ3v) is 8.42. The molecule has 1 unspecified atom stereocenters. The molecular formula is C26H36NO5+. The lowest BCUT2D eigenvalue weighted by molar-refractivity contribution is -0.938. The maximum absolute atomic E-state index is 13.2. The number of fused-ring (bicyclic) bond motifs is 5. The molecule has 1 aliphatic carbocycles. The van der Waals surface area contributed by atoms with Gasteiger partial charge in [0.1, 0.15) is 30.4 Å². The van der Waals surface area contributed by atoms with E-state index in [-0.39, 0.29) is 6.10 Å². The van der Waals surface area contributed by atoms with Gasteiger partial charge in [0.2, 0.25) is 0 Å². The summed E-state index contributed by atoms with van der Waals surface area (Å²) < 4.78 is 18.4. The van der Waals surface area contributed by atoms with Crippen LogP contribution in [0.2, 0.25) is 0 Å². The third-order valence-electron chi connectivity index (χ3n) is 8.42. The Labute approximate surface area is 190 Å². The number of quaternary nitrogens is 1. The molecule has 3 aliphatic heterocycles. The van der Waals surface area contributed by atoms with Crippen LogP contribution in [0.1, 0.15) is 62.8 Å². The number of hydrogen-bond acceptors (Lipinski definition) is 5. The van der Waals surface area contributed by atoms with E-state index in [1.54, 1.807) is 0 Å². The fourth-order valence-corrected chi connectivity index (χ4v) is 6.43. The normalized spacial score (nSPS) is 33.8. The zero-order valence-electron chi connectivity index (χ0n) is 19.3. The number of rotatable bonds is 7. The van der Waals surface area contributed by atoms with Gasteiger partial charge < -0.3 is 18.7 Å². The van der Waals surface area contributed by atoms with Crippen molar-refractivity contribution in [2.45, 2.75) is 87.7 Å². The second-order valence-electron chi connectivity index (χ2n) is 10.7. The Morgan fingerprint density at radius 2 is 1.66 bits per heavy atom. The minimum Gasteiger partial charge on any atom is -0.465 e. The number of benzene rings is 1. The first kappa shape index (κ1) is 21.9. The lowest BCUT2D eigenvalue weighted by Gasteiger charge is -2.45. The zero-order chi connectivity index (χ0) is 22.3. The largest absolute Gasteiger partial charge is 0.465 e. The number of morpholine rings is 1. The van der Waals surface area contributed by atoms with Crippen molar-refractivity contribution in [2.24, 2.45) is 5.92 Å². The van der Waals surface area contributed by atoms with E-state index in [0.717, 1.165) is 23.7 Å². The first-order valence-electron chi connectivity index (χ1n) is 12.4. The van der Waals surface area contributed by atoms with Crippen LogP contribution in [-0.2, 0) is 23.8 Å². The number of carbonyl (C=O) groups excluding carboxylic acids is 2. The van der Waals surface area contributed by atoms with E-state index in [1.165, 1.54) is 32.1 Å². The molecule has 1 aromatic carbocycles. The van der Waals surface area contributed by atoms with Crippen LogP contribution in [0.3, 0.4) is 0 Å². The summed E-state index contributed by atoms with van der Waals surface area (Å²) in [6.45, 7) is 0.375. The minimum atomic E-state index is -1.02. The molecule has 32 heavy (non-hydrogen) atoms. The highest BCUT2D eigenvalue weighted by atomic mass is 16.6. The molecule has 174 valence electrons. The molecule has 0 amide bonds. The number of esters is 2. The Hall–Kier alpha value is -1.92. The maximum atomic E-state index is 13.2. The summed E-state index contributed by atoms with van der Waals surface area (Å²) in [4.78, 5) is 26.3. The van der Waals surface area contributed by atoms with Gasteiger partial charge in [0.05, 0.1) is 20.7 Å². The van der Waals surface area contributed by atoms with Crippen molar-refractivity contribution in [3.63, 3.8) is 0 Å². The summed E-state index contributed by atoms with van der Waals surface area (Å²) in [5.74, 6) is -1.36. The van der Waals surface area contributed by atoms with Crippen molar-refractivity contribution in [3.8, 4) is 0 Å². The van der Waals surface area contributed by atoms with E-state index in [0.29, 0.717) is 42.4 Å². The van der Waals surface area contributed by atoms with Crippen molar-refractivity contribution in [1.29, 1.82) is 0 Å². The van der Waals surface area contributed by atoms with Crippen molar-refractivity contribution in [3.05, 3.63) is 35.9 Å². The van der Waals surface area contributed by atoms with Gasteiger partial charge in [-0.25, -0.2) is 0 Å². The van der Waals surface area contributed by atoms with Crippen LogP contribution >= 0.6 is 0 Å². The van der Waals surface area contributed by atoms with Crippen LogP contribution in [-0.4, -0.2) is 67.5 Å². The zero-order valence-corrected chi connectivity index (χ0v) is 19.3. The van der Waals surface area contributed by atoms with Crippen molar-refractivity contribution < 1.29 is 28.3 Å². The summed E-state index contributed by atoms with van der Waals surface area (Å²) in [5.41, 5.74) is 0.640. The molecule has 0 N–H and O–H groups in total. The van der Waals surface area contributed by atoms with Gasteiger partial charge in [0.25, 0.3) is 0 Å². The molecule has 3 heterocycles. The van der Waals surface area contributed by atoms with Gasteiger partial charge in [0.15, 0.2) is 5.92 Å². The molecule has 6 atom stereocenters. The molecule has 6 heteroatoms. The lowest BCUT2D eigenvalue weighted by Crippen LogP contribution is -2.60. The fraction of sp³-hybridized carbons (Fsp3) is 0.692. The number of carbonyl (C=O) groups is 2. The van der Waals surface area contributed by atoms with Gasteiger partial charge in [-0.2, -0.15) is 0 Å². The van der Waals surface area contributed by atoms with E-state index in [1.807, 2.05) is 30.3 Å². The third kappa shape index (κ3) is 4.19. The number of epoxide rings is 1. The fourth-order valence-electron chi connectivity index (χ4n) is 6.43. The van der Waals surface area contributed by atoms with Crippen LogP contribution < -0.4 is 0 Å². The van der Waals surface area contributed by atoms with Crippen molar-refractivity contribution in [1.82, 2.24) is 0 Å². The van der Waals surface area contributed by atoms with E-state index in [2.05, 4.69) is 14.1 Å². The molecule has 1 saturated carbocycles. The summed E-state index contributed by atoms with van der Waals surface area (Å²) in [6.07, 6.45) is 9.16. The van der Waals surface area contributed by atoms with Gasteiger partial charge in [-0.3, -0.25) is 9.59 Å². The highest BCUT2D eigenvalue weighted by molar-refractivity contribution is 6.00. The smallest absolute Gasteiger partial charge is 0.325 e. The summed E-state index contributed by atoms with van der Waals surface area (Å²) in [6, 6.07) is 9.89. The van der Waals surface area contributed by atoms with Gasteiger partial charge in [-0.15, -0.1) is 0 Å². The van der Waals surface area contributed by atoms with Gasteiger partial charge in [0, 0.05) is 12.8 Å². The molecule has 4 aliphatic rings. The lowest BCUT2D eigenvalue weighted by atomic mass is 9.87. The van der Waals surface area contributed by atoms with E-state index in [4.69, 9.17) is 14.2 Å². The second kappa shape index (κ2) is 8.79. The molecule has 6 nitrogen and oxygen atoms in total. The summed E-state index contributed by atoms with van der Waals surface area (Å²) >= 11 is 0. The summed E-state index contributed by atoms with van der Waals surface area (Å²) in [7, 11) is 4.50. The molecule has 0 spiro atoms. The molecule has 0 radical (unpaired) electrons. The first-order chi connectivity index (χ1) is 15.4. The molecular weight excluding hydrogens is 406 g/mol. The molecule has 1 aromatic rings. The maximum Gasteiger partial charge on any atom is 0.325 e. The highest BCUT2D eigenvalue weighted by Gasteiger charge is 2.70. The average molecular weight is 443 g/mol. The van der Waals surface area contributed by atoms with Crippen molar-refractivity contribution >= 4 is 11.9 Å². The molecule has 2 bridgehead atoms. The number of hydrogen-bond donors (Lipinski definition) is 0. The van der Waals surface area contributed by atoms with Gasteiger partial charge in [-0.1, -0.05) is 62.4 Å². The predicted octanol–water partition coefficient (Wildman–Crippen LogP) is 3.58. The Balaban J connectivity index is 1.22. The Bertz CT molecular complexity index is 814. The Morgan fingerprint density at radius 1 is 1.00 bits per heavy atom. The molecule has 5 rings (SSSR count). The number of piperidine rings is 1. The first-order valence-corrected chi connectivity index (χ1v) is 12.4. The van der Waals surface area contributed by atoms with Gasteiger partial charge >= 0.3 is 11.9 Å². The highest BCUT2D eigenvalue weighted by Crippen LogP contribution is 2.51. The quantitative estimate of drug-likeness (QED) is 0.280. The molecule has 0 aromatic heterocycles. The van der Waals surface area contributed by atoms with Crippen molar-refractivity contribution in [2.75, 3.05) is 20.7 Å².